The number of unbranched alkanes of at least 4 members (excludes halogenated alkanes) is 14. The van der Waals surface area contributed by atoms with Crippen LogP contribution in [0.15, 0.2) is 0 Å². The summed E-state index contributed by atoms with van der Waals surface area (Å²) in [7, 11) is 1.90. The van der Waals surface area contributed by atoms with Gasteiger partial charge in [0, 0.05) is 12.8 Å². The van der Waals surface area contributed by atoms with Crippen molar-refractivity contribution in [3.05, 3.63) is 0 Å². The van der Waals surface area contributed by atoms with Crippen LogP contribution in [-0.4, -0.2) is 42.5 Å². The van der Waals surface area contributed by atoms with Crippen LogP contribution < -0.4 is 16.4 Å². The van der Waals surface area contributed by atoms with Gasteiger partial charge in [0.1, 0.15) is 6.04 Å². The smallest absolute Gasteiger partial charge is 0.303 e. The van der Waals surface area contributed by atoms with Gasteiger partial charge in [0.2, 0.25) is 11.8 Å². The second kappa shape index (κ2) is 22.6. The van der Waals surface area contributed by atoms with E-state index in [1.807, 2.05) is 7.05 Å². The maximum atomic E-state index is 12.1. The molecule has 0 aromatic carbocycles. The van der Waals surface area contributed by atoms with Gasteiger partial charge < -0.3 is 21.5 Å². The SMILES string of the molecule is CNCCCCC(NC(=O)CCCCCCCCCCCCCCCCC(=O)O)C(N)=O. The number of rotatable bonds is 24. The third-order valence-corrected chi connectivity index (χ3v) is 5.89. The van der Waals surface area contributed by atoms with Crippen molar-refractivity contribution in [2.24, 2.45) is 5.73 Å². The Morgan fingerprint density at radius 3 is 1.53 bits per heavy atom. The van der Waals surface area contributed by atoms with E-state index in [0.717, 1.165) is 57.9 Å². The number of nitrogens with two attached hydrogens (primary N) is 1. The van der Waals surface area contributed by atoms with Crippen molar-refractivity contribution >= 4 is 17.8 Å². The topological polar surface area (TPSA) is 122 Å². The lowest BCUT2D eigenvalue weighted by Crippen LogP contribution is -2.44. The van der Waals surface area contributed by atoms with Gasteiger partial charge in [-0.15, -0.1) is 0 Å². The van der Waals surface area contributed by atoms with E-state index in [4.69, 9.17) is 10.8 Å². The van der Waals surface area contributed by atoms with Crippen LogP contribution in [0.2, 0.25) is 0 Å². The normalized spacial score (nSPS) is 11.9. The third-order valence-electron chi connectivity index (χ3n) is 5.89. The summed E-state index contributed by atoms with van der Waals surface area (Å²) in [5, 5.41) is 14.4. The molecule has 2 amide bonds. The highest BCUT2D eigenvalue weighted by Gasteiger charge is 2.17. The minimum absolute atomic E-state index is 0.0655. The molecule has 0 saturated carbocycles. The largest absolute Gasteiger partial charge is 0.481 e. The molecule has 5 N–H and O–H groups in total. The van der Waals surface area contributed by atoms with E-state index in [0.29, 0.717) is 19.3 Å². The monoisotopic (exact) mass is 455 g/mol. The number of hydrogen-bond acceptors (Lipinski definition) is 4. The molecular weight excluding hydrogens is 406 g/mol. The van der Waals surface area contributed by atoms with Crippen LogP contribution >= 0.6 is 0 Å². The zero-order valence-electron chi connectivity index (χ0n) is 20.5. The van der Waals surface area contributed by atoms with E-state index in [1.54, 1.807) is 0 Å². The molecule has 0 bridgehead atoms. The highest BCUT2D eigenvalue weighted by molar-refractivity contribution is 5.86. The summed E-state index contributed by atoms with van der Waals surface area (Å²) in [6, 6.07) is -0.545. The molecule has 0 aromatic rings. The van der Waals surface area contributed by atoms with Crippen LogP contribution in [-0.2, 0) is 14.4 Å². The molecule has 0 aliphatic rings. The molecule has 0 heterocycles. The Kier molecular flexibility index (Phi) is 21.4. The fourth-order valence-electron chi connectivity index (χ4n) is 3.89. The van der Waals surface area contributed by atoms with Gasteiger partial charge in [0.05, 0.1) is 0 Å². The van der Waals surface area contributed by atoms with Gasteiger partial charge in [-0.3, -0.25) is 14.4 Å². The Morgan fingerprint density at radius 2 is 1.12 bits per heavy atom. The quantitative estimate of drug-likeness (QED) is 0.158. The Labute approximate surface area is 195 Å². The highest BCUT2D eigenvalue weighted by atomic mass is 16.4. The Hall–Kier alpha value is -1.63. The van der Waals surface area contributed by atoms with Crippen molar-refractivity contribution < 1.29 is 19.5 Å². The number of aliphatic carboxylic acids is 1. The molecule has 0 fully saturated rings. The van der Waals surface area contributed by atoms with Crippen LogP contribution in [0.1, 0.15) is 122 Å². The Morgan fingerprint density at radius 1 is 0.688 bits per heavy atom. The van der Waals surface area contributed by atoms with Gasteiger partial charge in [-0.05, 0) is 45.7 Å². The zero-order valence-corrected chi connectivity index (χ0v) is 20.5. The first kappa shape index (κ1) is 30.4. The van der Waals surface area contributed by atoms with Crippen molar-refractivity contribution in [1.29, 1.82) is 0 Å². The van der Waals surface area contributed by atoms with Crippen molar-refractivity contribution in [3.8, 4) is 0 Å². The molecule has 32 heavy (non-hydrogen) atoms. The molecule has 0 aliphatic carbocycles. The lowest BCUT2D eigenvalue weighted by molar-refractivity contribution is -0.137. The van der Waals surface area contributed by atoms with Crippen LogP contribution in [0.5, 0.6) is 0 Å². The summed E-state index contributed by atoms with van der Waals surface area (Å²) in [6.07, 6.45) is 19.4. The van der Waals surface area contributed by atoms with Crippen LogP contribution in [0.25, 0.3) is 0 Å². The van der Waals surface area contributed by atoms with E-state index in [9.17, 15) is 14.4 Å². The van der Waals surface area contributed by atoms with Gasteiger partial charge in [-0.1, -0.05) is 77.0 Å². The van der Waals surface area contributed by atoms with Gasteiger partial charge in [-0.2, -0.15) is 0 Å². The summed E-state index contributed by atoms with van der Waals surface area (Å²) >= 11 is 0. The number of carboxylic acid groups (broad SMARTS) is 1. The summed E-state index contributed by atoms with van der Waals surface area (Å²) in [5.41, 5.74) is 5.41. The third kappa shape index (κ3) is 21.6. The number of nitrogens with one attached hydrogen (secondary N) is 2. The van der Waals surface area contributed by atoms with Gasteiger partial charge >= 0.3 is 5.97 Å². The fraction of sp³-hybridized carbons (Fsp3) is 0.880. The number of primary amides is 1. The van der Waals surface area contributed by atoms with E-state index < -0.39 is 17.9 Å². The van der Waals surface area contributed by atoms with E-state index in [-0.39, 0.29) is 5.91 Å². The summed E-state index contributed by atoms with van der Waals surface area (Å²) in [5.74, 6) is -1.20. The van der Waals surface area contributed by atoms with Crippen molar-refractivity contribution in [1.82, 2.24) is 10.6 Å². The molecule has 188 valence electrons. The first-order valence-electron chi connectivity index (χ1n) is 12.9. The molecule has 7 heteroatoms. The van der Waals surface area contributed by atoms with Gasteiger partial charge in [-0.25, -0.2) is 0 Å². The molecule has 7 nitrogen and oxygen atoms in total. The molecule has 0 aromatic heterocycles. The molecular formula is C25H49N3O4. The maximum Gasteiger partial charge on any atom is 0.303 e. The Bertz CT molecular complexity index is 486. The second-order valence-electron chi connectivity index (χ2n) is 8.97. The summed E-state index contributed by atoms with van der Waals surface area (Å²) < 4.78 is 0. The predicted octanol–water partition coefficient (Wildman–Crippen LogP) is 4.67. The first-order valence-corrected chi connectivity index (χ1v) is 12.9. The number of carbonyl (C=O) groups is 3. The molecule has 0 radical (unpaired) electrons. The number of hydrogen-bond donors (Lipinski definition) is 4. The minimum atomic E-state index is -0.685. The van der Waals surface area contributed by atoms with Crippen molar-refractivity contribution in [3.63, 3.8) is 0 Å². The van der Waals surface area contributed by atoms with E-state index >= 15 is 0 Å². The molecule has 1 atom stereocenters. The van der Waals surface area contributed by atoms with Gasteiger partial charge in [0.15, 0.2) is 0 Å². The highest BCUT2D eigenvalue weighted by Crippen LogP contribution is 2.14. The lowest BCUT2D eigenvalue weighted by Gasteiger charge is -2.15. The number of carboxylic acids is 1. The van der Waals surface area contributed by atoms with Crippen LogP contribution in [0, 0.1) is 0 Å². The number of carbonyl (C=O) groups excluding carboxylic acids is 2. The molecule has 1 unspecified atom stereocenters. The van der Waals surface area contributed by atoms with E-state index in [1.165, 1.54) is 51.4 Å². The average molecular weight is 456 g/mol. The standard InChI is InChI=1S/C25H49N3O4/c1-27-21-17-16-18-22(25(26)32)28-23(29)19-14-12-10-8-6-4-2-3-5-7-9-11-13-15-20-24(30)31/h22,27H,2-21H2,1H3,(H2,26,32)(H,28,29)(H,30,31). The summed E-state index contributed by atoms with van der Waals surface area (Å²) in [4.78, 5) is 34.0. The number of amides is 2. The van der Waals surface area contributed by atoms with E-state index in [2.05, 4.69) is 10.6 Å². The molecule has 0 spiro atoms. The maximum absolute atomic E-state index is 12.1. The van der Waals surface area contributed by atoms with Crippen LogP contribution in [0.3, 0.4) is 0 Å². The molecule has 0 saturated heterocycles. The van der Waals surface area contributed by atoms with Crippen molar-refractivity contribution in [2.45, 2.75) is 128 Å². The minimum Gasteiger partial charge on any atom is -0.481 e. The summed E-state index contributed by atoms with van der Waals surface area (Å²) in [6.45, 7) is 0.900. The van der Waals surface area contributed by atoms with Gasteiger partial charge in [0.25, 0.3) is 0 Å². The second-order valence-corrected chi connectivity index (χ2v) is 8.97. The predicted molar refractivity (Wildman–Crippen MR) is 130 cm³/mol. The molecule has 0 aliphatic heterocycles. The zero-order chi connectivity index (χ0) is 23.9. The first-order chi connectivity index (χ1) is 15.5. The fourth-order valence-corrected chi connectivity index (χ4v) is 3.89. The van der Waals surface area contributed by atoms with Crippen molar-refractivity contribution in [2.75, 3.05) is 13.6 Å². The average Bonchev–Trinajstić information content (AvgIpc) is 2.75. The lowest BCUT2D eigenvalue weighted by atomic mass is 10.0. The molecule has 0 rings (SSSR count). The van der Waals surface area contributed by atoms with Crippen LogP contribution in [0.4, 0.5) is 0 Å². The Balaban J connectivity index is 3.43.